The van der Waals surface area contributed by atoms with Crippen molar-refractivity contribution in [3.63, 3.8) is 0 Å². The van der Waals surface area contributed by atoms with E-state index in [1.807, 2.05) is 24.0 Å². The molecule has 0 unspecified atom stereocenters. The fourth-order valence-corrected chi connectivity index (χ4v) is 4.49. The second-order valence-corrected chi connectivity index (χ2v) is 7.28. The van der Waals surface area contributed by atoms with Crippen molar-refractivity contribution in [2.24, 2.45) is 24.8 Å². The predicted octanol–water partition coefficient (Wildman–Crippen LogP) is 2.17. The van der Waals surface area contributed by atoms with Gasteiger partial charge in [0, 0.05) is 57.4 Å². The lowest BCUT2D eigenvalue weighted by atomic mass is 9.74. The van der Waals surface area contributed by atoms with Crippen LogP contribution < -0.4 is 5.32 Å². The van der Waals surface area contributed by atoms with Crippen LogP contribution in [0.1, 0.15) is 24.8 Å². The highest BCUT2D eigenvalue weighted by atomic mass is 15.2. The minimum Gasteiger partial charge on any atom is -0.354 e. The van der Waals surface area contributed by atoms with Gasteiger partial charge in [0.15, 0.2) is 0 Å². The van der Waals surface area contributed by atoms with E-state index in [9.17, 15) is 0 Å². The SMILES string of the molecule is Cn1cc(CN2C[C@H]3CCC[C@@H](CNc4ncccn4)[C@H]3C2)cn1. The van der Waals surface area contributed by atoms with Crippen molar-refractivity contribution in [2.45, 2.75) is 25.8 Å². The maximum atomic E-state index is 4.29. The Balaban J connectivity index is 1.35. The van der Waals surface area contributed by atoms with E-state index in [1.165, 1.54) is 37.9 Å². The molecule has 3 atom stereocenters. The molecule has 128 valence electrons. The van der Waals surface area contributed by atoms with Crippen molar-refractivity contribution >= 4 is 5.95 Å². The Kier molecular flexibility index (Phi) is 4.47. The highest BCUT2D eigenvalue weighted by Gasteiger charge is 2.39. The van der Waals surface area contributed by atoms with Gasteiger partial charge in [0.2, 0.25) is 5.95 Å². The zero-order chi connectivity index (χ0) is 16.4. The molecule has 0 spiro atoms. The Bertz CT molecular complexity index is 655. The fraction of sp³-hybridized carbons (Fsp3) is 0.611. The molecule has 6 heteroatoms. The number of rotatable bonds is 5. The van der Waals surface area contributed by atoms with Crippen molar-refractivity contribution in [1.29, 1.82) is 0 Å². The first-order valence-electron chi connectivity index (χ1n) is 8.98. The van der Waals surface area contributed by atoms with E-state index in [0.29, 0.717) is 0 Å². The van der Waals surface area contributed by atoms with Gasteiger partial charge < -0.3 is 5.32 Å². The number of nitrogens with zero attached hydrogens (tertiary/aromatic N) is 5. The summed E-state index contributed by atoms with van der Waals surface area (Å²) < 4.78 is 1.89. The number of hydrogen-bond acceptors (Lipinski definition) is 5. The molecule has 2 aliphatic rings. The number of nitrogens with one attached hydrogen (secondary N) is 1. The third kappa shape index (κ3) is 3.43. The molecule has 2 aromatic rings. The fourth-order valence-electron chi connectivity index (χ4n) is 4.49. The van der Waals surface area contributed by atoms with E-state index in [2.05, 4.69) is 31.5 Å². The first-order valence-corrected chi connectivity index (χ1v) is 8.98. The summed E-state index contributed by atoms with van der Waals surface area (Å²) in [5.41, 5.74) is 1.32. The molecular weight excluding hydrogens is 300 g/mol. The Morgan fingerprint density at radius 2 is 2.08 bits per heavy atom. The second-order valence-electron chi connectivity index (χ2n) is 7.28. The van der Waals surface area contributed by atoms with Gasteiger partial charge in [-0.3, -0.25) is 9.58 Å². The Labute approximate surface area is 143 Å². The average Bonchev–Trinajstić information content (AvgIpc) is 3.20. The van der Waals surface area contributed by atoms with Crippen LogP contribution in [-0.4, -0.2) is 44.3 Å². The summed E-state index contributed by atoms with van der Waals surface area (Å²) >= 11 is 0. The van der Waals surface area contributed by atoms with Crippen molar-refractivity contribution in [3.05, 3.63) is 36.4 Å². The molecule has 0 aromatic carbocycles. The Hall–Kier alpha value is -1.95. The maximum Gasteiger partial charge on any atom is 0.222 e. The standard InChI is InChI=1S/C18H26N6/c1-23-10-14(8-22-23)11-24-12-16-5-2-4-15(17(16)13-24)9-21-18-19-6-3-7-20-18/h3,6-8,10,15-17H,2,4-5,9,11-13H2,1H3,(H,19,20,21)/t15-,16+,17+/m0/s1. The normalized spacial score (nSPS) is 27.1. The molecule has 0 amide bonds. The number of aryl methyl sites for hydroxylation is 1. The van der Waals surface area contributed by atoms with Gasteiger partial charge >= 0.3 is 0 Å². The van der Waals surface area contributed by atoms with Crippen molar-refractivity contribution < 1.29 is 0 Å². The van der Waals surface area contributed by atoms with Gasteiger partial charge in [-0.15, -0.1) is 0 Å². The molecule has 1 saturated heterocycles. The topological polar surface area (TPSA) is 58.9 Å². The van der Waals surface area contributed by atoms with Crippen LogP contribution >= 0.6 is 0 Å². The van der Waals surface area contributed by atoms with Crippen LogP contribution in [0.5, 0.6) is 0 Å². The van der Waals surface area contributed by atoms with E-state index in [4.69, 9.17) is 0 Å². The minimum atomic E-state index is 0.728. The van der Waals surface area contributed by atoms with Crippen molar-refractivity contribution in [3.8, 4) is 0 Å². The van der Waals surface area contributed by atoms with E-state index < -0.39 is 0 Å². The molecule has 1 aliphatic carbocycles. The van der Waals surface area contributed by atoms with Crippen LogP contribution in [0.3, 0.4) is 0 Å². The lowest BCUT2D eigenvalue weighted by molar-refractivity contribution is 0.207. The molecule has 6 nitrogen and oxygen atoms in total. The second kappa shape index (κ2) is 6.89. The number of aromatic nitrogens is 4. The van der Waals surface area contributed by atoms with Gasteiger partial charge in [-0.2, -0.15) is 5.10 Å². The average molecular weight is 326 g/mol. The lowest BCUT2D eigenvalue weighted by Crippen LogP contribution is -2.32. The van der Waals surface area contributed by atoms with E-state index in [-0.39, 0.29) is 0 Å². The first kappa shape index (κ1) is 15.6. The smallest absolute Gasteiger partial charge is 0.222 e. The van der Waals surface area contributed by atoms with Gasteiger partial charge in [-0.05, 0) is 36.7 Å². The monoisotopic (exact) mass is 326 g/mol. The Morgan fingerprint density at radius 1 is 1.21 bits per heavy atom. The molecule has 0 bridgehead atoms. The number of fused-ring (bicyclic) bond motifs is 1. The van der Waals surface area contributed by atoms with Crippen LogP contribution in [0, 0.1) is 17.8 Å². The van der Waals surface area contributed by atoms with E-state index in [1.54, 1.807) is 12.4 Å². The van der Waals surface area contributed by atoms with Gasteiger partial charge in [0.25, 0.3) is 0 Å². The lowest BCUT2D eigenvalue weighted by Gasteiger charge is -2.33. The van der Waals surface area contributed by atoms with Gasteiger partial charge in [0.1, 0.15) is 0 Å². The third-order valence-electron chi connectivity index (χ3n) is 5.58. The largest absolute Gasteiger partial charge is 0.354 e. The van der Waals surface area contributed by atoms with Crippen LogP contribution in [-0.2, 0) is 13.6 Å². The maximum absolute atomic E-state index is 4.29. The van der Waals surface area contributed by atoms with Crippen molar-refractivity contribution in [2.75, 3.05) is 25.0 Å². The van der Waals surface area contributed by atoms with Gasteiger partial charge in [-0.1, -0.05) is 6.42 Å². The summed E-state index contributed by atoms with van der Waals surface area (Å²) in [5, 5.41) is 7.73. The van der Waals surface area contributed by atoms with E-state index >= 15 is 0 Å². The molecule has 2 fully saturated rings. The summed E-state index contributed by atoms with van der Waals surface area (Å²) in [7, 11) is 1.99. The summed E-state index contributed by atoms with van der Waals surface area (Å²) in [5.74, 6) is 3.13. The molecule has 1 N–H and O–H groups in total. The van der Waals surface area contributed by atoms with E-state index in [0.717, 1.165) is 36.8 Å². The first-order chi connectivity index (χ1) is 11.8. The number of anilines is 1. The summed E-state index contributed by atoms with van der Waals surface area (Å²) in [6.07, 6.45) is 11.8. The quantitative estimate of drug-likeness (QED) is 0.912. The summed E-state index contributed by atoms with van der Waals surface area (Å²) in [4.78, 5) is 11.2. The molecule has 24 heavy (non-hydrogen) atoms. The van der Waals surface area contributed by atoms with Gasteiger partial charge in [0.05, 0.1) is 6.20 Å². The molecule has 4 rings (SSSR count). The minimum absolute atomic E-state index is 0.728. The molecule has 3 heterocycles. The van der Waals surface area contributed by atoms with Crippen LogP contribution in [0.2, 0.25) is 0 Å². The zero-order valence-electron chi connectivity index (χ0n) is 14.3. The summed E-state index contributed by atoms with van der Waals surface area (Å²) in [6, 6.07) is 1.86. The predicted molar refractivity (Wildman–Crippen MR) is 93.3 cm³/mol. The summed E-state index contributed by atoms with van der Waals surface area (Å²) in [6.45, 7) is 4.47. The molecule has 1 aliphatic heterocycles. The highest BCUT2D eigenvalue weighted by Crippen LogP contribution is 2.40. The molecule has 1 saturated carbocycles. The Morgan fingerprint density at radius 3 is 2.88 bits per heavy atom. The number of likely N-dealkylation sites (tertiary alicyclic amines) is 1. The van der Waals surface area contributed by atoms with Crippen molar-refractivity contribution in [1.82, 2.24) is 24.6 Å². The molecule has 2 aromatic heterocycles. The van der Waals surface area contributed by atoms with Crippen LogP contribution in [0.4, 0.5) is 5.95 Å². The third-order valence-corrected chi connectivity index (χ3v) is 5.58. The molecular formula is C18H26N6. The van der Waals surface area contributed by atoms with Gasteiger partial charge in [-0.25, -0.2) is 9.97 Å². The zero-order valence-corrected chi connectivity index (χ0v) is 14.3. The highest BCUT2D eigenvalue weighted by molar-refractivity contribution is 5.22. The van der Waals surface area contributed by atoms with Crippen LogP contribution in [0.25, 0.3) is 0 Å². The van der Waals surface area contributed by atoms with Crippen LogP contribution in [0.15, 0.2) is 30.9 Å². The molecule has 0 radical (unpaired) electrons. The number of hydrogen-bond donors (Lipinski definition) is 1.